The molecular weight excluding hydrogens is 406 g/mol. The van der Waals surface area contributed by atoms with Gasteiger partial charge in [-0.1, -0.05) is 61.2 Å². The minimum Gasteiger partial charge on any atom is -0.459 e. The summed E-state index contributed by atoms with van der Waals surface area (Å²) in [5, 5.41) is 3.53. The lowest BCUT2D eigenvalue weighted by Crippen LogP contribution is -2.13. The van der Waals surface area contributed by atoms with E-state index in [1.165, 1.54) is 23.9 Å². The monoisotopic (exact) mass is 428 g/mol. The highest BCUT2D eigenvalue weighted by molar-refractivity contribution is 8.14. The van der Waals surface area contributed by atoms with E-state index < -0.39 is 5.82 Å². The summed E-state index contributed by atoms with van der Waals surface area (Å²) >= 11 is 1.50. The van der Waals surface area contributed by atoms with Crippen molar-refractivity contribution < 1.29 is 13.5 Å². The summed E-state index contributed by atoms with van der Waals surface area (Å²) in [4.78, 5) is 12.6. The third-order valence-corrected chi connectivity index (χ3v) is 5.04. The van der Waals surface area contributed by atoms with Crippen molar-refractivity contribution in [2.24, 2.45) is 4.99 Å². The van der Waals surface area contributed by atoms with Gasteiger partial charge in [0.05, 0.1) is 12.7 Å². The lowest BCUT2D eigenvalue weighted by molar-refractivity contribution is 0.280. The Morgan fingerprint density at radius 2 is 1.83 bits per heavy atom. The van der Waals surface area contributed by atoms with Crippen molar-refractivity contribution in [1.29, 1.82) is 0 Å². The van der Waals surface area contributed by atoms with Gasteiger partial charge in [-0.15, -0.1) is 0 Å². The maximum Gasteiger partial charge on any atom is 0.318 e. The number of hydrogen-bond acceptors (Lipinski definition) is 5. The molecule has 0 amide bonds. The molecule has 0 saturated carbocycles. The van der Waals surface area contributed by atoms with Crippen LogP contribution in [0, 0.1) is 11.6 Å². The molecule has 1 heterocycles. The molecule has 0 aliphatic heterocycles. The highest BCUT2D eigenvalue weighted by Crippen LogP contribution is 2.18. The van der Waals surface area contributed by atoms with Crippen LogP contribution in [0.4, 0.5) is 14.6 Å². The number of aromatic nitrogens is 2. The molecule has 30 heavy (non-hydrogen) atoms. The fourth-order valence-electron chi connectivity index (χ4n) is 2.40. The van der Waals surface area contributed by atoms with E-state index in [0.29, 0.717) is 11.7 Å². The summed E-state index contributed by atoms with van der Waals surface area (Å²) in [6.07, 6.45) is 2.00. The average Bonchev–Trinajstić information content (AvgIpc) is 2.77. The molecule has 0 aliphatic rings. The second-order valence-corrected chi connectivity index (χ2v) is 7.43. The Morgan fingerprint density at radius 3 is 2.57 bits per heavy atom. The number of nitrogens with zero attached hydrogens (tertiary/aromatic N) is 3. The largest absolute Gasteiger partial charge is 0.459 e. The molecule has 0 radical (unpaired) electrons. The summed E-state index contributed by atoms with van der Waals surface area (Å²) in [6, 6.07) is 15.7. The number of ether oxygens (including phenoxy) is 1. The Bertz CT molecular complexity index is 969. The molecule has 3 aromatic rings. The Kier molecular flexibility index (Phi) is 8.14. The van der Waals surface area contributed by atoms with Crippen LogP contribution in [0.2, 0.25) is 0 Å². The normalized spacial score (nSPS) is 11.4. The standard InChI is InChI=1S/C22H22F2N4OS/c1-2-12-30-22(26-13-16-6-4-3-5-7-16)28-20-19(24)14-25-21(27-20)29-15-17-8-10-18(23)11-9-17/h3-11,14H,2,12-13,15H2,1H3,(H,25,26,27,28). The predicted octanol–water partition coefficient (Wildman–Crippen LogP) is 5.45. The molecule has 0 fully saturated rings. The van der Waals surface area contributed by atoms with E-state index in [9.17, 15) is 8.78 Å². The van der Waals surface area contributed by atoms with E-state index in [-0.39, 0.29) is 24.3 Å². The van der Waals surface area contributed by atoms with Gasteiger partial charge in [-0.3, -0.25) is 4.99 Å². The third kappa shape index (κ3) is 6.81. The zero-order valence-corrected chi connectivity index (χ0v) is 17.3. The van der Waals surface area contributed by atoms with Gasteiger partial charge in [0.2, 0.25) is 0 Å². The van der Waals surface area contributed by atoms with E-state index in [4.69, 9.17) is 4.74 Å². The summed E-state index contributed by atoms with van der Waals surface area (Å²) in [6.45, 7) is 2.68. The minimum atomic E-state index is -0.603. The lowest BCUT2D eigenvalue weighted by atomic mass is 10.2. The first kappa shape index (κ1) is 21.7. The van der Waals surface area contributed by atoms with Gasteiger partial charge in [0.1, 0.15) is 12.4 Å². The van der Waals surface area contributed by atoms with Crippen LogP contribution in [0.15, 0.2) is 65.8 Å². The number of nitrogens with one attached hydrogen (secondary N) is 1. The van der Waals surface area contributed by atoms with E-state index in [2.05, 4.69) is 27.2 Å². The van der Waals surface area contributed by atoms with Gasteiger partial charge in [-0.25, -0.2) is 13.8 Å². The van der Waals surface area contributed by atoms with Crippen molar-refractivity contribution in [3.05, 3.63) is 83.6 Å². The molecule has 0 aliphatic carbocycles. The molecule has 0 atom stereocenters. The summed E-state index contributed by atoms with van der Waals surface area (Å²) in [5.74, 6) is -0.0975. The van der Waals surface area contributed by atoms with E-state index >= 15 is 0 Å². The molecule has 1 aromatic heterocycles. The third-order valence-electron chi connectivity index (χ3n) is 3.92. The second-order valence-electron chi connectivity index (χ2n) is 6.34. The molecular formula is C22H22F2N4OS. The molecule has 0 spiro atoms. The number of anilines is 1. The van der Waals surface area contributed by atoms with Crippen LogP contribution in [0.3, 0.4) is 0 Å². The first-order valence-corrected chi connectivity index (χ1v) is 10.5. The number of benzene rings is 2. The number of amidine groups is 1. The van der Waals surface area contributed by atoms with Gasteiger partial charge in [0, 0.05) is 5.75 Å². The van der Waals surface area contributed by atoms with Gasteiger partial charge < -0.3 is 10.1 Å². The molecule has 2 aromatic carbocycles. The van der Waals surface area contributed by atoms with Crippen LogP contribution in [0.1, 0.15) is 24.5 Å². The molecule has 3 rings (SSSR count). The molecule has 0 bridgehead atoms. The molecule has 1 N–H and O–H groups in total. The van der Waals surface area contributed by atoms with Crippen molar-refractivity contribution in [1.82, 2.24) is 9.97 Å². The summed E-state index contributed by atoms with van der Waals surface area (Å²) in [7, 11) is 0. The van der Waals surface area contributed by atoms with Gasteiger partial charge in [-0.2, -0.15) is 4.98 Å². The fraction of sp³-hybridized carbons (Fsp3) is 0.227. The Balaban J connectivity index is 1.69. The van der Waals surface area contributed by atoms with Crippen molar-refractivity contribution in [3.8, 4) is 6.01 Å². The van der Waals surface area contributed by atoms with Crippen molar-refractivity contribution in [2.75, 3.05) is 11.1 Å². The van der Waals surface area contributed by atoms with Gasteiger partial charge in [-0.05, 0) is 29.7 Å². The van der Waals surface area contributed by atoms with E-state index in [0.717, 1.165) is 29.5 Å². The highest BCUT2D eigenvalue weighted by Gasteiger charge is 2.11. The molecule has 8 heteroatoms. The summed E-state index contributed by atoms with van der Waals surface area (Å²) < 4.78 is 32.8. The van der Waals surface area contributed by atoms with Crippen LogP contribution in [0.5, 0.6) is 6.01 Å². The number of hydrogen-bond donors (Lipinski definition) is 1. The number of halogens is 2. The lowest BCUT2D eigenvalue weighted by Gasteiger charge is -2.11. The summed E-state index contributed by atoms with van der Waals surface area (Å²) in [5.41, 5.74) is 1.81. The Morgan fingerprint density at radius 1 is 1.07 bits per heavy atom. The first-order chi connectivity index (χ1) is 14.6. The highest BCUT2D eigenvalue weighted by atomic mass is 32.2. The van der Waals surface area contributed by atoms with Crippen LogP contribution in [0.25, 0.3) is 0 Å². The zero-order valence-electron chi connectivity index (χ0n) is 16.5. The average molecular weight is 429 g/mol. The fourth-order valence-corrected chi connectivity index (χ4v) is 3.13. The SMILES string of the molecule is CCCS/C(=N\Cc1ccccc1)Nc1nc(OCc2ccc(F)cc2)ncc1F. The maximum atomic E-state index is 14.3. The van der Waals surface area contributed by atoms with Gasteiger partial charge in [0.25, 0.3) is 0 Å². The first-order valence-electron chi connectivity index (χ1n) is 9.52. The van der Waals surface area contributed by atoms with Gasteiger partial charge in [0.15, 0.2) is 16.8 Å². The van der Waals surface area contributed by atoms with Crippen molar-refractivity contribution in [3.63, 3.8) is 0 Å². The molecule has 0 saturated heterocycles. The smallest absolute Gasteiger partial charge is 0.318 e. The minimum absolute atomic E-state index is 0.00507. The number of rotatable bonds is 8. The molecule has 5 nitrogen and oxygen atoms in total. The number of aliphatic imine (C=N–C) groups is 1. The van der Waals surface area contributed by atoms with Crippen LogP contribution in [-0.4, -0.2) is 20.9 Å². The number of thioether (sulfide) groups is 1. The molecule has 0 unspecified atom stereocenters. The zero-order chi connectivity index (χ0) is 21.2. The Hall–Kier alpha value is -3.00. The maximum absolute atomic E-state index is 14.3. The van der Waals surface area contributed by atoms with Crippen molar-refractivity contribution >= 4 is 22.7 Å². The van der Waals surface area contributed by atoms with Crippen LogP contribution in [-0.2, 0) is 13.2 Å². The molecule has 156 valence electrons. The Labute approximate surface area is 178 Å². The van der Waals surface area contributed by atoms with Gasteiger partial charge >= 0.3 is 6.01 Å². The van der Waals surface area contributed by atoms with Crippen molar-refractivity contribution in [2.45, 2.75) is 26.5 Å². The van der Waals surface area contributed by atoms with Crippen LogP contribution < -0.4 is 10.1 Å². The second kappa shape index (κ2) is 11.3. The van der Waals surface area contributed by atoms with Crippen LogP contribution >= 0.6 is 11.8 Å². The van der Waals surface area contributed by atoms with E-state index in [1.54, 1.807) is 12.1 Å². The predicted molar refractivity (Wildman–Crippen MR) is 117 cm³/mol. The quantitative estimate of drug-likeness (QED) is 0.382. The van der Waals surface area contributed by atoms with E-state index in [1.807, 2.05) is 30.3 Å². The topological polar surface area (TPSA) is 59.4 Å².